The van der Waals surface area contributed by atoms with Crippen LogP contribution in [-0.4, -0.2) is 30.5 Å². The first-order valence-corrected chi connectivity index (χ1v) is 7.79. The topological polar surface area (TPSA) is 50.7 Å². The number of fused-ring (bicyclic) bond motifs is 1. The molecule has 0 fully saturated rings. The van der Waals surface area contributed by atoms with E-state index < -0.39 is 0 Å². The summed E-state index contributed by atoms with van der Waals surface area (Å²) in [6.07, 6.45) is 2.92. The molecule has 1 aliphatic heterocycles. The average Bonchev–Trinajstić information content (AvgIpc) is 2.89. The Morgan fingerprint density at radius 3 is 2.67 bits per heavy atom. The highest BCUT2D eigenvalue weighted by atomic mass is 16.5. The lowest BCUT2D eigenvalue weighted by Gasteiger charge is -2.31. The third-order valence-corrected chi connectivity index (χ3v) is 4.59. The van der Waals surface area contributed by atoms with Crippen molar-refractivity contribution >= 4 is 0 Å². The molecule has 0 saturated heterocycles. The zero-order chi connectivity index (χ0) is 15.5. The number of hydrogen-bond donors (Lipinski definition) is 2. The normalized spacial score (nSPS) is 17.5. The molecule has 1 aliphatic rings. The second-order valence-corrected chi connectivity index (χ2v) is 5.91. The summed E-state index contributed by atoms with van der Waals surface area (Å²) in [5.74, 6) is 1.85. The van der Waals surface area contributed by atoms with Crippen LogP contribution in [-0.2, 0) is 13.0 Å². The summed E-state index contributed by atoms with van der Waals surface area (Å²) in [5.41, 5.74) is 2.09. The Morgan fingerprint density at radius 2 is 2.10 bits per heavy atom. The quantitative estimate of drug-likeness (QED) is 0.811. The first-order chi connectivity index (χ1) is 10.1. The Kier molecular flexibility index (Phi) is 5.12. The molecule has 4 heteroatoms. The van der Waals surface area contributed by atoms with Crippen LogP contribution in [0, 0.1) is 0 Å². The van der Waals surface area contributed by atoms with Crippen molar-refractivity contribution in [2.24, 2.45) is 0 Å². The van der Waals surface area contributed by atoms with Crippen LogP contribution < -0.4 is 14.8 Å². The van der Waals surface area contributed by atoms with Crippen molar-refractivity contribution in [1.29, 1.82) is 0 Å². The third kappa shape index (κ3) is 3.33. The fraction of sp³-hybridized carbons (Fsp3) is 0.647. The highest BCUT2D eigenvalue weighted by Crippen LogP contribution is 2.36. The van der Waals surface area contributed by atoms with E-state index in [1.165, 1.54) is 5.56 Å². The Labute approximate surface area is 127 Å². The third-order valence-electron chi connectivity index (χ3n) is 4.59. The maximum atomic E-state index is 9.67. The van der Waals surface area contributed by atoms with Gasteiger partial charge in [-0.05, 0) is 31.9 Å². The number of hydrogen-bond acceptors (Lipinski definition) is 4. The number of ether oxygens (including phenoxy) is 2. The summed E-state index contributed by atoms with van der Waals surface area (Å²) in [6, 6.07) is 4.08. The largest absolute Gasteiger partial charge is 0.497 e. The first-order valence-electron chi connectivity index (χ1n) is 7.79. The number of aliphatic hydroxyl groups excluding tert-OH is 1. The Balaban J connectivity index is 2.22. The minimum Gasteiger partial charge on any atom is -0.497 e. The van der Waals surface area contributed by atoms with Gasteiger partial charge in [-0.25, -0.2) is 0 Å². The summed E-state index contributed by atoms with van der Waals surface area (Å²) in [6.45, 7) is 7.10. The van der Waals surface area contributed by atoms with E-state index in [9.17, 15) is 5.11 Å². The van der Waals surface area contributed by atoms with Crippen LogP contribution in [0.5, 0.6) is 11.5 Å². The van der Waals surface area contributed by atoms with Crippen molar-refractivity contribution in [3.8, 4) is 11.5 Å². The minimum atomic E-state index is -0.222. The second kappa shape index (κ2) is 6.67. The number of nitrogens with one attached hydrogen (secondary N) is 1. The van der Waals surface area contributed by atoms with E-state index in [1.54, 1.807) is 7.11 Å². The van der Waals surface area contributed by atoms with Gasteiger partial charge in [0.2, 0.25) is 0 Å². The molecule has 118 valence electrons. The van der Waals surface area contributed by atoms with Gasteiger partial charge in [0.15, 0.2) is 0 Å². The molecule has 1 aromatic rings. The molecule has 0 spiro atoms. The van der Waals surface area contributed by atoms with Crippen LogP contribution in [0.3, 0.4) is 0 Å². The van der Waals surface area contributed by atoms with Crippen LogP contribution in [0.4, 0.5) is 0 Å². The summed E-state index contributed by atoms with van der Waals surface area (Å²) in [4.78, 5) is 0. The highest BCUT2D eigenvalue weighted by Gasteiger charge is 2.27. The van der Waals surface area contributed by atoms with Gasteiger partial charge < -0.3 is 19.9 Å². The van der Waals surface area contributed by atoms with Gasteiger partial charge in [0.05, 0.1) is 13.7 Å². The van der Waals surface area contributed by atoms with Crippen molar-refractivity contribution in [3.63, 3.8) is 0 Å². The van der Waals surface area contributed by atoms with Gasteiger partial charge in [-0.1, -0.05) is 13.8 Å². The van der Waals surface area contributed by atoms with Gasteiger partial charge in [-0.3, -0.25) is 0 Å². The molecule has 0 radical (unpaired) electrons. The molecule has 1 unspecified atom stereocenters. The van der Waals surface area contributed by atoms with Gasteiger partial charge in [-0.15, -0.1) is 0 Å². The SMILES string of the molecule is CCC(CC)(CO)NCc1cc(OC)cc2c1OC(C)C2. The molecule has 1 atom stereocenters. The second-order valence-electron chi connectivity index (χ2n) is 5.91. The Bertz CT molecular complexity index is 475. The molecule has 21 heavy (non-hydrogen) atoms. The van der Waals surface area contributed by atoms with Crippen LogP contribution >= 0.6 is 0 Å². The summed E-state index contributed by atoms with van der Waals surface area (Å²) < 4.78 is 11.3. The zero-order valence-corrected chi connectivity index (χ0v) is 13.5. The van der Waals surface area contributed by atoms with Crippen molar-refractivity contribution < 1.29 is 14.6 Å². The summed E-state index contributed by atoms with van der Waals surface area (Å²) in [5, 5.41) is 13.2. The van der Waals surface area contributed by atoms with Crippen molar-refractivity contribution in [1.82, 2.24) is 5.32 Å². The molecular formula is C17H27NO3. The minimum absolute atomic E-state index is 0.142. The Morgan fingerprint density at radius 1 is 1.38 bits per heavy atom. The fourth-order valence-corrected chi connectivity index (χ4v) is 2.89. The van der Waals surface area contributed by atoms with Crippen LogP contribution in [0.15, 0.2) is 12.1 Å². The molecule has 0 amide bonds. The van der Waals surface area contributed by atoms with Crippen molar-refractivity contribution in [2.75, 3.05) is 13.7 Å². The van der Waals surface area contributed by atoms with Gasteiger partial charge in [0, 0.05) is 29.6 Å². The van der Waals surface area contributed by atoms with E-state index in [4.69, 9.17) is 9.47 Å². The van der Waals surface area contributed by atoms with E-state index in [0.717, 1.165) is 36.3 Å². The molecular weight excluding hydrogens is 266 g/mol. The lowest BCUT2D eigenvalue weighted by molar-refractivity contribution is 0.149. The maximum absolute atomic E-state index is 9.67. The maximum Gasteiger partial charge on any atom is 0.127 e. The lowest BCUT2D eigenvalue weighted by Crippen LogP contribution is -2.47. The summed E-state index contributed by atoms with van der Waals surface area (Å²) in [7, 11) is 1.69. The monoisotopic (exact) mass is 293 g/mol. The molecule has 0 aromatic heterocycles. The van der Waals surface area contributed by atoms with E-state index in [0.29, 0.717) is 6.54 Å². The molecule has 4 nitrogen and oxygen atoms in total. The Hall–Kier alpha value is -1.26. The molecule has 2 rings (SSSR count). The van der Waals surface area contributed by atoms with Gasteiger partial charge >= 0.3 is 0 Å². The van der Waals surface area contributed by atoms with Crippen molar-refractivity contribution in [2.45, 2.75) is 58.2 Å². The molecule has 1 heterocycles. The van der Waals surface area contributed by atoms with E-state index in [-0.39, 0.29) is 18.2 Å². The van der Waals surface area contributed by atoms with Crippen LogP contribution in [0.25, 0.3) is 0 Å². The van der Waals surface area contributed by atoms with Gasteiger partial charge in [0.25, 0.3) is 0 Å². The molecule has 1 aromatic carbocycles. The summed E-state index contributed by atoms with van der Waals surface area (Å²) >= 11 is 0. The molecule has 2 N–H and O–H groups in total. The van der Waals surface area contributed by atoms with E-state index in [2.05, 4.69) is 32.2 Å². The molecule has 0 aliphatic carbocycles. The number of benzene rings is 1. The van der Waals surface area contributed by atoms with Crippen LogP contribution in [0.1, 0.15) is 44.7 Å². The number of methoxy groups -OCH3 is 1. The highest BCUT2D eigenvalue weighted by molar-refractivity contribution is 5.49. The van der Waals surface area contributed by atoms with Crippen molar-refractivity contribution in [3.05, 3.63) is 23.3 Å². The number of aliphatic hydroxyl groups is 1. The smallest absolute Gasteiger partial charge is 0.127 e. The average molecular weight is 293 g/mol. The zero-order valence-electron chi connectivity index (χ0n) is 13.5. The van der Waals surface area contributed by atoms with E-state index in [1.807, 2.05) is 6.07 Å². The first kappa shape index (κ1) is 16.1. The lowest BCUT2D eigenvalue weighted by atomic mass is 9.93. The standard InChI is InChI=1S/C17H27NO3/c1-5-17(6-2,11-19)18-10-14-9-15(20-4)8-13-7-12(3)21-16(13)14/h8-9,12,18-19H,5-7,10-11H2,1-4H3. The predicted octanol–water partition coefficient (Wildman–Crippen LogP) is 2.66. The fourth-order valence-electron chi connectivity index (χ4n) is 2.89. The van der Waals surface area contributed by atoms with E-state index >= 15 is 0 Å². The van der Waals surface area contributed by atoms with Gasteiger partial charge in [0.1, 0.15) is 17.6 Å². The molecule has 0 saturated carbocycles. The number of rotatable bonds is 7. The van der Waals surface area contributed by atoms with Gasteiger partial charge in [-0.2, -0.15) is 0 Å². The molecule has 0 bridgehead atoms. The van der Waals surface area contributed by atoms with Crippen LogP contribution in [0.2, 0.25) is 0 Å². The predicted molar refractivity (Wildman–Crippen MR) is 84.0 cm³/mol.